The molecular formula is C58H110O6. The first-order chi connectivity index (χ1) is 31.5. The summed E-state index contributed by atoms with van der Waals surface area (Å²) in [4.78, 5) is 37.7. The molecule has 0 aliphatic heterocycles. The van der Waals surface area contributed by atoms with E-state index < -0.39 is 6.10 Å². The predicted molar refractivity (Wildman–Crippen MR) is 275 cm³/mol. The number of ether oxygens (including phenoxy) is 3. The average molecular weight is 904 g/mol. The third-order valence-electron chi connectivity index (χ3n) is 13.0. The quantitative estimate of drug-likeness (QED) is 0.0262. The molecular weight excluding hydrogens is 793 g/mol. The molecule has 0 aliphatic rings. The Balaban J connectivity index is 3.92. The predicted octanol–water partition coefficient (Wildman–Crippen LogP) is 18.9. The highest BCUT2D eigenvalue weighted by Crippen LogP contribution is 2.17. The van der Waals surface area contributed by atoms with Crippen molar-refractivity contribution in [2.24, 2.45) is 0 Å². The van der Waals surface area contributed by atoms with Gasteiger partial charge in [-0.1, -0.05) is 270 Å². The molecule has 0 fully saturated rings. The molecule has 0 N–H and O–H groups in total. The molecule has 0 heterocycles. The van der Waals surface area contributed by atoms with Crippen molar-refractivity contribution in [2.45, 2.75) is 329 Å². The Morgan fingerprint density at radius 3 is 0.797 bits per heavy atom. The maximum absolute atomic E-state index is 12.7. The van der Waals surface area contributed by atoms with E-state index in [4.69, 9.17) is 14.2 Å². The van der Waals surface area contributed by atoms with Gasteiger partial charge in [0.2, 0.25) is 0 Å². The molecule has 0 aliphatic carbocycles. The van der Waals surface area contributed by atoms with Gasteiger partial charge in [-0.2, -0.15) is 0 Å². The summed E-state index contributed by atoms with van der Waals surface area (Å²) in [5.74, 6) is -0.876. The zero-order valence-corrected chi connectivity index (χ0v) is 43.3. The van der Waals surface area contributed by atoms with Crippen LogP contribution in [0.15, 0.2) is 12.2 Å². The molecule has 0 saturated carbocycles. The fourth-order valence-electron chi connectivity index (χ4n) is 8.68. The lowest BCUT2D eigenvalue weighted by Crippen LogP contribution is -2.30. The number of carbonyl (C=O) groups excluding carboxylic acids is 3. The van der Waals surface area contributed by atoms with Crippen molar-refractivity contribution in [3.8, 4) is 0 Å². The molecule has 378 valence electrons. The van der Waals surface area contributed by atoms with Gasteiger partial charge in [0.05, 0.1) is 0 Å². The summed E-state index contributed by atoms with van der Waals surface area (Å²) >= 11 is 0. The Hall–Kier alpha value is -1.85. The minimum absolute atomic E-state index is 0.0694. The lowest BCUT2D eigenvalue weighted by Gasteiger charge is -2.18. The van der Waals surface area contributed by atoms with E-state index >= 15 is 0 Å². The Kier molecular flexibility index (Phi) is 52.2. The molecule has 0 aromatic heterocycles. The summed E-state index contributed by atoms with van der Waals surface area (Å²) in [6.45, 7) is 6.58. The van der Waals surface area contributed by atoms with E-state index in [1.54, 1.807) is 0 Å². The molecule has 0 radical (unpaired) electrons. The van der Waals surface area contributed by atoms with E-state index in [2.05, 4.69) is 32.9 Å². The third kappa shape index (κ3) is 51.1. The van der Waals surface area contributed by atoms with Crippen LogP contribution in [0.4, 0.5) is 0 Å². The molecule has 0 amide bonds. The summed E-state index contributed by atoms with van der Waals surface area (Å²) in [6.07, 6.45) is 61.3. The second-order valence-corrected chi connectivity index (χ2v) is 19.6. The molecule has 0 saturated heterocycles. The smallest absolute Gasteiger partial charge is 0.306 e. The van der Waals surface area contributed by atoms with Crippen molar-refractivity contribution in [1.29, 1.82) is 0 Å². The van der Waals surface area contributed by atoms with E-state index in [0.717, 1.165) is 70.6 Å². The highest BCUT2D eigenvalue weighted by atomic mass is 16.6. The van der Waals surface area contributed by atoms with E-state index in [-0.39, 0.29) is 31.1 Å². The second-order valence-electron chi connectivity index (χ2n) is 19.6. The van der Waals surface area contributed by atoms with Crippen LogP contribution in [0.3, 0.4) is 0 Å². The molecule has 0 aromatic rings. The molecule has 6 heteroatoms. The molecule has 1 unspecified atom stereocenters. The van der Waals surface area contributed by atoms with Crippen LogP contribution in [0.1, 0.15) is 323 Å². The van der Waals surface area contributed by atoms with Crippen molar-refractivity contribution in [2.75, 3.05) is 13.2 Å². The van der Waals surface area contributed by atoms with E-state index in [1.165, 1.54) is 212 Å². The lowest BCUT2D eigenvalue weighted by atomic mass is 10.0. The van der Waals surface area contributed by atoms with Crippen LogP contribution >= 0.6 is 0 Å². The highest BCUT2D eigenvalue weighted by molar-refractivity contribution is 5.71. The summed E-state index contributed by atoms with van der Waals surface area (Å²) in [6, 6.07) is 0. The van der Waals surface area contributed by atoms with Crippen LogP contribution in [-0.4, -0.2) is 37.2 Å². The zero-order chi connectivity index (χ0) is 46.5. The van der Waals surface area contributed by atoms with E-state index in [0.29, 0.717) is 19.3 Å². The molecule has 0 bridgehead atoms. The van der Waals surface area contributed by atoms with Crippen molar-refractivity contribution in [3.63, 3.8) is 0 Å². The Morgan fingerprint density at radius 2 is 0.516 bits per heavy atom. The van der Waals surface area contributed by atoms with Crippen LogP contribution in [-0.2, 0) is 28.6 Å². The van der Waals surface area contributed by atoms with Gasteiger partial charge in [-0.25, -0.2) is 0 Å². The topological polar surface area (TPSA) is 78.9 Å². The van der Waals surface area contributed by atoms with Gasteiger partial charge < -0.3 is 14.2 Å². The number of allylic oxidation sites excluding steroid dienone is 2. The van der Waals surface area contributed by atoms with Gasteiger partial charge in [0, 0.05) is 19.3 Å². The van der Waals surface area contributed by atoms with E-state index in [1.807, 2.05) is 0 Å². The molecule has 0 rings (SSSR count). The fraction of sp³-hybridized carbons (Fsp3) is 0.914. The number of esters is 3. The number of unbranched alkanes of at least 4 members (excludes halogenated alkanes) is 40. The van der Waals surface area contributed by atoms with Gasteiger partial charge in [-0.15, -0.1) is 0 Å². The zero-order valence-electron chi connectivity index (χ0n) is 43.3. The number of hydrogen-bond donors (Lipinski definition) is 0. The van der Waals surface area contributed by atoms with Gasteiger partial charge in [0.1, 0.15) is 13.2 Å². The Labute approximate surface area is 399 Å². The van der Waals surface area contributed by atoms with Gasteiger partial charge in [0.15, 0.2) is 6.10 Å². The first kappa shape index (κ1) is 62.1. The largest absolute Gasteiger partial charge is 0.462 e. The van der Waals surface area contributed by atoms with Gasteiger partial charge in [-0.05, 0) is 44.9 Å². The SMILES string of the molecule is CCCCCC/C=C\CCCCCCCC(=O)OC(COC(=O)CCCCCCC)COC(=O)CCCCCCCCCCCCCCCCCCCCCCCCCCCCCC. The van der Waals surface area contributed by atoms with Crippen molar-refractivity contribution >= 4 is 17.9 Å². The second kappa shape index (κ2) is 53.8. The number of carbonyl (C=O) groups is 3. The monoisotopic (exact) mass is 903 g/mol. The number of hydrogen-bond acceptors (Lipinski definition) is 6. The maximum Gasteiger partial charge on any atom is 0.306 e. The fourth-order valence-corrected chi connectivity index (χ4v) is 8.68. The summed E-state index contributed by atoms with van der Waals surface area (Å²) in [5.41, 5.74) is 0. The Bertz CT molecular complexity index is 993. The Morgan fingerprint density at radius 1 is 0.297 bits per heavy atom. The van der Waals surface area contributed by atoms with E-state index in [9.17, 15) is 14.4 Å². The summed E-state index contributed by atoms with van der Waals surface area (Å²) in [7, 11) is 0. The third-order valence-corrected chi connectivity index (χ3v) is 13.0. The van der Waals surface area contributed by atoms with Crippen LogP contribution in [0.25, 0.3) is 0 Å². The molecule has 1 atom stereocenters. The first-order valence-corrected chi connectivity index (χ1v) is 28.7. The van der Waals surface area contributed by atoms with Gasteiger partial charge >= 0.3 is 17.9 Å². The van der Waals surface area contributed by atoms with Gasteiger partial charge in [-0.3, -0.25) is 14.4 Å². The normalized spacial score (nSPS) is 12.0. The molecule has 0 aromatic carbocycles. The minimum atomic E-state index is -0.766. The lowest BCUT2D eigenvalue weighted by molar-refractivity contribution is -0.167. The van der Waals surface area contributed by atoms with Crippen molar-refractivity contribution in [3.05, 3.63) is 12.2 Å². The van der Waals surface area contributed by atoms with Crippen molar-refractivity contribution in [1.82, 2.24) is 0 Å². The first-order valence-electron chi connectivity index (χ1n) is 28.7. The van der Waals surface area contributed by atoms with Gasteiger partial charge in [0.25, 0.3) is 0 Å². The van der Waals surface area contributed by atoms with Crippen LogP contribution in [0.2, 0.25) is 0 Å². The molecule has 6 nitrogen and oxygen atoms in total. The van der Waals surface area contributed by atoms with Crippen LogP contribution < -0.4 is 0 Å². The standard InChI is InChI=1S/C58H110O6/c1-4-7-10-13-15-17-19-21-22-23-24-25-26-27-28-29-30-31-32-33-34-35-37-38-40-42-45-48-51-57(60)63-54-55(53-62-56(59)50-47-44-12-9-6-3)64-58(61)52-49-46-43-41-39-36-20-18-16-14-11-8-5-2/h18,20,55H,4-17,19,21-54H2,1-3H3/b20-18-. The van der Waals surface area contributed by atoms with Crippen molar-refractivity contribution < 1.29 is 28.6 Å². The molecule has 64 heavy (non-hydrogen) atoms. The van der Waals surface area contributed by atoms with Crippen LogP contribution in [0, 0.1) is 0 Å². The maximum atomic E-state index is 12.7. The number of rotatable bonds is 53. The summed E-state index contributed by atoms with van der Waals surface area (Å²) in [5, 5.41) is 0. The van der Waals surface area contributed by atoms with Crippen LogP contribution in [0.5, 0.6) is 0 Å². The average Bonchev–Trinajstić information content (AvgIpc) is 3.29. The molecule has 0 spiro atoms. The summed E-state index contributed by atoms with van der Waals surface area (Å²) < 4.78 is 16.7. The minimum Gasteiger partial charge on any atom is -0.462 e. The highest BCUT2D eigenvalue weighted by Gasteiger charge is 2.19.